The van der Waals surface area contributed by atoms with Crippen LogP contribution in [0.4, 0.5) is 0 Å². The molecule has 1 saturated heterocycles. The van der Waals surface area contributed by atoms with Gasteiger partial charge in [-0.3, -0.25) is 0 Å². The van der Waals surface area contributed by atoms with Gasteiger partial charge in [-0.15, -0.1) is 0 Å². The minimum atomic E-state index is -3.53. The maximum Gasteiger partial charge on any atom is 0.243 e. The Hall–Kier alpha value is -1.91. The standard InChI is InChI=1S/C20H23NO2S/c1-15(2)18-13-20(17-7-5-4-6-8-17)21(14-18)24(22,23)19-11-9-16(3)10-12-19/h4-12,18,20H,1,13-14H2,2-3H3. The minimum Gasteiger partial charge on any atom is -0.207 e. The first-order valence-corrected chi connectivity index (χ1v) is 9.62. The summed E-state index contributed by atoms with van der Waals surface area (Å²) in [6, 6.07) is 16.8. The number of rotatable bonds is 4. The van der Waals surface area contributed by atoms with Gasteiger partial charge in [0.15, 0.2) is 0 Å². The minimum absolute atomic E-state index is 0.140. The molecule has 0 aliphatic carbocycles. The van der Waals surface area contributed by atoms with E-state index >= 15 is 0 Å². The predicted molar refractivity (Wildman–Crippen MR) is 97.2 cm³/mol. The summed E-state index contributed by atoms with van der Waals surface area (Å²) in [6.45, 7) is 8.47. The highest BCUT2D eigenvalue weighted by atomic mass is 32.2. The first kappa shape index (κ1) is 16.9. The van der Waals surface area contributed by atoms with Crippen LogP contribution in [0, 0.1) is 12.8 Å². The highest BCUT2D eigenvalue weighted by molar-refractivity contribution is 7.89. The summed E-state index contributed by atoms with van der Waals surface area (Å²) in [5.74, 6) is 0.190. The number of aryl methyl sites for hydroxylation is 1. The van der Waals surface area contributed by atoms with E-state index in [0.717, 1.165) is 23.1 Å². The molecule has 24 heavy (non-hydrogen) atoms. The average Bonchev–Trinajstić information content (AvgIpc) is 3.02. The van der Waals surface area contributed by atoms with Crippen molar-refractivity contribution in [1.29, 1.82) is 0 Å². The fourth-order valence-electron chi connectivity index (χ4n) is 3.25. The van der Waals surface area contributed by atoms with Gasteiger partial charge in [-0.1, -0.05) is 60.2 Å². The first-order valence-electron chi connectivity index (χ1n) is 8.18. The van der Waals surface area contributed by atoms with E-state index in [1.807, 2.05) is 56.3 Å². The van der Waals surface area contributed by atoms with Gasteiger partial charge in [0.25, 0.3) is 0 Å². The van der Waals surface area contributed by atoms with Crippen LogP contribution in [-0.2, 0) is 10.0 Å². The van der Waals surface area contributed by atoms with E-state index in [1.165, 1.54) is 0 Å². The molecule has 0 saturated carbocycles. The topological polar surface area (TPSA) is 37.4 Å². The molecule has 0 spiro atoms. The van der Waals surface area contributed by atoms with Crippen molar-refractivity contribution in [2.24, 2.45) is 5.92 Å². The highest BCUT2D eigenvalue weighted by Gasteiger charge is 2.41. The van der Waals surface area contributed by atoms with Gasteiger partial charge in [0.1, 0.15) is 0 Å². The zero-order valence-corrected chi connectivity index (χ0v) is 15.0. The van der Waals surface area contributed by atoms with Gasteiger partial charge < -0.3 is 0 Å². The second-order valence-electron chi connectivity index (χ2n) is 6.59. The monoisotopic (exact) mass is 341 g/mol. The fraction of sp³-hybridized carbons (Fsp3) is 0.300. The third kappa shape index (κ3) is 3.17. The van der Waals surface area contributed by atoms with Crippen LogP contribution < -0.4 is 0 Å². The van der Waals surface area contributed by atoms with Crippen LogP contribution in [-0.4, -0.2) is 19.3 Å². The molecule has 2 unspecified atom stereocenters. The zero-order chi connectivity index (χ0) is 17.3. The average molecular weight is 341 g/mol. The summed E-state index contributed by atoms with van der Waals surface area (Å²) in [5, 5.41) is 0. The molecule has 126 valence electrons. The number of sulfonamides is 1. The molecule has 0 N–H and O–H groups in total. The van der Waals surface area contributed by atoms with Gasteiger partial charge in [0.05, 0.1) is 10.9 Å². The van der Waals surface area contributed by atoms with Crippen LogP contribution in [0.25, 0.3) is 0 Å². The van der Waals surface area contributed by atoms with Crippen LogP contribution in [0.3, 0.4) is 0 Å². The van der Waals surface area contributed by atoms with Gasteiger partial charge in [0, 0.05) is 6.54 Å². The Morgan fingerprint density at radius 3 is 2.29 bits per heavy atom. The third-order valence-corrected chi connectivity index (χ3v) is 6.65. The maximum atomic E-state index is 13.2. The Balaban J connectivity index is 2.02. The van der Waals surface area contributed by atoms with Crippen molar-refractivity contribution in [3.8, 4) is 0 Å². The van der Waals surface area contributed by atoms with Crippen LogP contribution in [0.1, 0.15) is 30.5 Å². The predicted octanol–water partition coefficient (Wildman–Crippen LogP) is 4.32. The quantitative estimate of drug-likeness (QED) is 0.777. The SMILES string of the molecule is C=C(C)C1CC(c2ccccc2)N(S(=O)(=O)c2ccc(C)cc2)C1. The van der Waals surface area contributed by atoms with E-state index in [9.17, 15) is 8.42 Å². The van der Waals surface area contributed by atoms with Gasteiger partial charge >= 0.3 is 0 Å². The van der Waals surface area contributed by atoms with E-state index in [1.54, 1.807) is 16.4 Å². The molecule has 1 heterocycles. The summed E-state index contributed by atoms with van der Waals surface area (Å²) >= 11 is 0. The summed E-state index contributed by atoms with van der Waals surface area (Å²) in [6.07, 6.45) is 0.782. The van der Waals surface area contributed by atoms with Crippen LogP contribution in [0.5, 0.6) is 0 Å². The number of hydrogen-bond acceptors (Lipinski definition) is 2. The highest BCUT2D eigenvalue weighted by Crippen LogP contribution is 2.41. The molecule has 2 aromatic rings. The van der Waals surface area contributed by atoms with Crippen LogP contribution >= 0.6 is 0 Å². The number of benzene rings is 2. The maximum absolute atomic E-state index is 13.2. The Labute approximate surface area is 144 Å². The van der Waals surface area contributed by atoms with Gasteiger partial charge in [-0.25, -0.2) is 8.42 Å². The molecule has 3 nitrogen and oxygen atoms in total. The molecular formula is C20H23NO2S. The molecule has 0 radical (unpaired) electrons. The zero-order valence-electron chi connectivity index (χ0n) is 14.1. The second-order valence-corrected chi connectivity index (χ2v) is 8.48. The van der Waals surface area contributed by atoms with E-state index in [-0.39, 0.29) is 12.0 Å². The van der Waals surface area contributed by atoms with E-state index in [0.29, 0.717) is 11.4 Å². The van der Waals surface area contributed by atoms with Crippen LogP contribution in [0.2, 0.25) is 0 Å². The van der Waals surface area contributed by atoms with Crippen molar-refractivity contribution in [3.05, 3.63) is 77.9 Å². The van der Waals surface area contributed by atoms with Gasteiger partial charge in [-0.2, -0.15) is 4.31 Å². The van der Waals surface area contributed by atoms with E-state index in [2.05, 4.69) is 6.58 Å². The van der Waals surface area contributed by atoms with Crippen molar-refractivity contribution in [1.82, 2.24) is 4.31 Å². The third-order valence-electron chi connectivity index (χ3n) is 4.76. The van der Waals surface area contributed by atoms with Gasteiger partial charge in [-0.05, 0) is 43.9 Å². The summed E-state index contributed by atoms with van der Waals surface area (Å²) in [5.41, 5.74) is 3.13. The lowest BCUT2D eigenvalue weighted by Gasteiger charge is -2.24. The second kappa shape index (κ2) is 6.54. The molecule has 0 bridgehead atoms. The molecule has 2 atom stereocenters. The van der Waals surface area contributed by atoms with Crippen molar-refractivity contribution in [2.75, 3.05) is 6.54 Å². The Kier molecular flexibility index (Phi) is 4.61. The van der Waals surface area contributed by atoms with Crippen molar-refractivity contribution in [3.63, 3.8) is 0 Å². The molecule has 0 amide bonds. The van der Waals surface area contributed by atoms with Crippen LogP contribution in [0.15, 0.2) is 71.6 Å². The molecule has 3 rings (SSSR count). The molecule has 2 aromatic carbocycles. The molecule has 4 heteroatoms. The number of nitrogens with zero attached hydrogens (tertiary/aromatic N) is 1. The molecule has 1 aliphatic rings. The van der Waals surface area contributed by atoms with Crippen molar-refractivity contribution >= 4 is 10.0 Å². The molecule has 0 aromatic heterocycles. The summed E-state index contributed by atoms with van der Waals surface area (Å²) in [7, 11) is -3.53. The Bertz CT molecular complexity index is 826. The van der Waals surface area contributed by atoms with E-state index < -0.39 is 10.0 Å². The fourth-order valence-corrected chi connectivity index (χ4v) is 4.92. The first-order chi connectivity index (χ1) is 11.4. The Morgan fingerprint density at radius 1 is 1.08 bits per heavy atom. The summed E-state index contributed by atoms with van der Waals surface area (Å²) < 4.78 is 28.0. The summed E-state index contributed by atoms with van der Waals surface area (Å²) in [4.78, 5) is 0.358. The smallest absolute Gasteiger partial charge is 0.207 e. The number of hydrogen-bond donors (Lipinski definition) is 0. The lowest BCUT2D eigenvalue weighted by atomic mass is 9.96. The van der Waals surface area contributed by atoms with Crippen molar-refractivity contribution < 1.29 is 8.42 Å². The normalized spacial score (nSPS) is 21.8. The molecular weight excluding hydrogens is 318 g/mol. The van der Waals surface area contributed by atoms with E-state index in [4.69, 9.17) is 0 Å². The van der Waals surface area contributed by atoms with Crippen molar-refractivity contribution in [2.45, 2.75) is 31.2 Å². The lowest BCUT2D eigenvalue weighted by molar-refractivity contribution is 0.395. The Morgan fingerprint density at radius 2 is 1.71 bits per heavy atom. The molecule has 1 fully saturated rings. The largest absolute Gasteiger partial charge is 0.243 e. The lowest BCUT2D eigenvalue weighted by Crippen LogP contribution is -2.31. The van der Waals surface area contributed by atoms with Gasteiger partial charge in [0.2, 0.25) is 10.0 Å². The molecule has 1 aliphatic heterocycles.